The lowest BCUT2D eigenvalue weighted by Crippen LogP contribution is -2.52. The molecule has 2 atom stereocenters. The molecule has 2 rings (SSSR count). The Morgan fingerprint density at radius 3 is 2.37 bits per heavy atom. The number of nitrogens with zero attached hydrogens (tertiary/aromatic N) is 1. The number of nitrogens with one attached hydrogen (secondary N) is 2. The van der Waals surface area contributed by atoms with Gasteiger partial charge in [-0.3, -0.25) is 9.59 Å². The first kappa shape index (κ1) is 31.5. The second-order valence-corrected chi connectivity index (χ2v) is 11.6. The molecule has 2 aromatic carbocycles. The van der Waals surface area contributed by atoms with Crippen LogP contribution in [-0.2, 0) is 14.3 Å². The molecule has 0 heterocycles. The predicted octanol–water partition coefficient (Wildman–Crippen LogP) is 6.52. The van der Waals surface area contributed by atoms with Crippen molar-refractivity contribution in [2.45, 2.75) is 72.1 Å². The fourth-order valence-electron chi connectivity index (χ4n) is 4.05. The number of carbonyl (C=O) groups is 3. The van der Waals surface area contributed by atoms with Crippen LogP contribution >= 0.6 is 23.4 Å². The monoisotopic (exact) mass is 561 g/mol. The summed E-state index contributed by atoms with van der Waals surface area (Å²) in [5.41, 5.74) is 2.24. The van der Waals surface area contributed by atoms with Crippen molar-refractivity contribution in [2.75, 3.05) is 23.9 Å². The van der Waals surface area contributed by atoms with Crippen molar-refractivity contribution in [3.05, 3.63) is 64.2 Å². The zero-order valence-electron chi connectivity index (χ0n) is 23.4. The second kappa shape index (κ2) is 14.4. The Morgan fingerprint density at radius 2 is 1.79 bits per heavy atom. The molecule has 9 heteroatoms. The SMILES string of the molecule is CCCN(C(=O)C(CCSC)NC(=O)OC(C)(C)C)C(C(=O)Nc1c(C)cccc1Cl)c1cccc(C)c1. The van der Waals surface area contributed by atoms with Crippen LogP contribution in [0.5, 0.6) is 0 Å². The van der Waals surface area contributed by atoms with Crippen molar-refractivity contribution >= 4 is 47.0 Å². The van der Waals surface area contributed by atoms with Crippen LogP contribution in [0.25, 0.3) is 0 Å². The minimum atomic E-state index is -0.935. The van der Waals surface area contributed by atoms with Crippen molar-refractivity contribution in [1.82, 2.24) is 10.2 Å². The molecule has 7 nitrogen and oxygen atoms in total. The van der Waals surface area contributed by atoms with Gasteiger partial charge in [0.2, 0.25) is 5.91 Å². The van der Waals surface area contributed by atoms with Crippen LogP contribution in [-0.4, -0.2) is 53.0 Å². The Labute approximate surface area is 236 Å². The number of anilines is 1. The Bertz CT molecular complexity index is 1100. The zero-order chi connectivity index (χ0) is 28.5. The van der Waals surface area contributed by atoms with Gasteiger partial charge in [-0.05, 0) is 76.7 Å². The van der Waals surface area contributed by atoms with Gasteiger partial charge in [0, 0.05) is 6.54 Å². The van der Waals surface area contributed by atoms with Crippen molar-refractivity contribution in [3.8, 4) is 0 Å². The predicted molar refractivity (Wildman–Crippen MR) is 157 cm³/mol. The molecule has 38 heavy (non-hydrogen) atoms. The molecular weight excluding hydrogens is 522 g/mol. The largest absolute Gasteiger partial charge is 0.444 e. The van der Waals surface area contributed by atoms with E-state index in [-0.39, 0.29) is 11.8 Å². The molecule has 0 saturated heterocycles. The lowest BCUT2D eigenvalue weighted by Gasteiger charge is -2.34. The number of rotatable bonds is 11. The highest BCUT2D eigenvalue weighted by molar-refractivity contribution is 7.98. The van der Waals surface area contributed by atoms with E-state index in [4.69, 9.17) is 16.3 Å². The van der Waals surface area contributed by atoms with E-state index in [1.54, 1.807) is 43.5 Å². The standard InChI is InChI=1S/C29H40ClN3O4S/c1-8-16-33(27(35)23(15-17-38-7)31-28(36)37-29(4,5)6)25(21-13-9-11-19(2)18-21)26(34)32-24-20(3)12-10-14-22(24)30/h9-14,18,23,25H,8,15-17H2,1-7H3,(H,31,36)(H,32,34). The third kappa shape index (κ3) is 9.24. The average molecular weight is 562 g/mol. The van der Waals surface area contributed by atoms with Gasteiger partial charge < -0.3 is 20.3 Å². The summed E-state index contributed by atoms with van der Waals surface area (Å²) < 4.78 is 5.43. The Balaban J connectivity index is 2.52. The molecule has 0 saturated carbocycles. The van der Waals surface area contributed by atoms with Gasteiger partial charge in [-0.2, -0.15) is 11.8 Å². The van der Waals surface area contributed by atoms with Crippen molar-refractivity contribution < 1.29 is 19.1 Å². The van der Waals surface area contributed by atoms with Gasteiger partial charge in [-0.1, -0.05) is 60.5 Å². The fourth-order valence-corrected chi connectivity index (χ4v) is 4.79. The van der Waals surface area contributed by atoms with Gasteiger partial charge >= 0.3 is 6.09 Å². The highest BCUT2D eigenvalue weighted by Gasteiger charge is 2.36. The maximum atomic E-state index is 14.1. The quantitative estimate of drug-likeness (QED) is 0.326. The molecule has 0 bridgehead atoms. The smallest absolute Gasteiger partial charge is 0.408 e. The van der Waals surface area contributed by atoms with Crippen LogP contribution in [0.15, 0.2) is 42.5 Å². The van der Waals surface area contributed by atoms with E-state index in [9.17, 15) is 14.4 Å². The van der Waals surface area contributed by atoms with Gasteiger partial charge in [0.05, 0.1) is 10.7 Å². The van der Waals surface area contributed by atoms with Crippen LogP contribution < -0.4 is 10.6 Å². The van der Waals surface area contributed by atoms with E-state index < -0.39 is 23.8 Å². The van der Waals surface area contributed by atoms with Gasteiger partial charge in [0.15, 0.2) is 0 Å². The number of amides is 3. The number of alkyl carbamates (subject to hydrolysis) is 1. The van der Waals surface area contributed by atoms with E-state index >= 15 is 0 Å². The number of halogens is 1. The molecule has 2 N–H and O–H groups in total. The van der Waals surface area contributed by atoms with Crippen molar-refractivity contribution in [1.29, 1.82) is 0 Å². The molecule has 2 aromatic rings. The topological polar surface area (TPSA) is 87.7 Å². The highest BCUT2D eigenvalue weighted by Crippen LogP contribution is 2.30. The van der Waals surface area contributed by atoms with E-state index in [1.807, 2.05) is 63.4 Å². The van der Waals surface area contributed by atoms with Gasteiger partial charge in [0.1, 0.15) is 17.7 Å². The number of aryl methyl sites for hydroxylation is 2. The normalized spacial score (nSPS) is 12.8. The molecule has 208 valence electrons. The Morgan fingerprint density at radius 1 is 1.11 bits per heavy atom. The number of thioether (sulfide) groups is 1. The van der Waals surface area contributed by atoms with E-state index in [0.29, 0.717) is 41.4 Å². The zero-order valence-corrected chi connectivity index (χ0v) is 25.0. The summed E-state index contributed by atoms with van der Waals surface area (Å²) in [5.74, 6) is -0.0782. The Hall–Kier alpha value is -2.71. The summed E-state index contributed by atoms with van der Waals surface area (Å²) in [4.78, 5) is 42.2. The van der Waals surface area contributed by atoms with Crippen molar-refractivity contribution in [3.63, 3.8) is 0 Å². The van der Waals surface area contributed by atoms with Crippen LogP contribution in [0.1, 0.15) is 63.3 Å². The minimum absolute atomic E-state index is 0.318. The lowest BCUT2D eigenvalue weighted by atomic mass is 10.00. The summed E-state index contributed by atoms with van der Waals surface area (Å²) >= 11 is 7.99. The van der Waals surface area contributed by atoms with Gasteiger partial charge in [-0.25, -0.2) is 4.79 Å². The van der Waals surface area contributed by atoms with Crippen LogP contribution in [0.4, 0.5) is 10.5 Å². The van der Waals surface area contributed by atoms with E-state index in [0.717, 1.165) is 11.1 Å². The third-order valence-corrected chi connectivity index (χ3v) is 6.69. The molecule has 0 aromatic heterocycles. The fraction of sp³-hybridized carbons (Fsp3) is 0.483. The number of ether oxygens (including phenoxy) is 1. The summed E-state index contributed by atoms with van der Waals surface area (Å²) in [7, 11) is 0. The molecule has 2 unspecified atom stereocenters. The van der Waals surface area contributed by atoms with Crippen molar-refractivity contribution in [2.24, 2.45) is 0 Å². The maximum Gasteiger partial charge on any atom is 0.408 e. The first-order valence-corrected chi connectivity index (χ1v) is 14.6. The molecular formula is C29H40ClN3O4S. The summed E-state index contributed by atoms with van der Waals surface area (Å²) in [6.07, 6.45) is 2.28. The molecule has 0 spiro atoms. The number of para-hydroxylation sites is 1. The molecule has 0 aliphatic heterocycles. The molecule has 3 amide bonds. The number of hydrogen-bond donors (Lipinski definition) is 2. The van der Waals surface area contributed by atoms with E-state index in [2.05, 4.69) is 10.6 Å². The average Bonchev–Trinajstić information content (AvgIpc) is 2.82. The molecule has 0 aliphatic carbocycles. The van der Waals surface area contributed by atoms with Gasteiger partial charge in [-0.15, -0.1) is 0 Å². The minimum Gasteiger partial charge on any atom is -0.444 e. The number of benzene rings is 2. The number of hydrogen-bond acceptors (Lipinski definition) is 5. The molecule has 0 fully saturated rings. The summed E-state index contributed by atoms with van der Waals surface area (Å²) in [6, 6.07) is 11.1. The maximum absolute atomic E-state index is 14.1. The summed E-state index contributed by atoms with van der Waals surface area (Å²) in [5, 5.41) is 6.13. The lowest BCUT2D eigenvalue weighted by molar-refractivity contribution is -0.140. The van der Waals surface area contributed by atoms with E-state index in [1.165, 1.54) is 0 Å². The number of carbonyl (C=O) groups excluding carboxylic acids is 3. The van der Waals surface area contributed by atoms with Crippen LogP contribution in [0.2, 0.25) is 5.02 Å². The first-order chi connectivity index (χ1) is 17.9. The van der Waals surface area contributed by atoms with Gasteiger partial charge in [0.25, 0.3) is 5.91 Å². The second-order valence-electron chi connectivity index (χ2n) is 10.2. The van der Waals surface area contributed by atoms with Crippen LogP contribution in [0.3, 0.4) is 0 Å². The molecule has 0 aliphatic rings. The highest BCUT2D eigenvalue weighted by atomic mass is 35.5. The molecule has 0 radical (unpaired) electrons. The van der Waals surface area contributed by atoms with Crippen LogP contribution in [0, 0.1) is 13.8 Å². The third-order valence-electron chi connectivity index (χ3n) is 5.74. The Kier molecular flexibility index (Phi) is 12.0. The first-order valence-electron chi connectivity index (χ1n) is 12.8. The summed E-state index contributed by atoms with van der Waals surface area (Å²) in [6.45, 7) is 11.4.